The largest absolute Gasteiger partial charge is 0.299 e. The highest BCUT2D eigenvalue weighted by Gasteiger charge is 2.24. The minimum absolute atomic E-state index is 0.0303. The van der Waals surface area contributed by atoms with Crippen LogP contribution in [0.25, 0.3) is 0 Å². The van der Waals surface area contributed by atoms with Crippen LogP contribution in [0.4, 0.5) is 0 Å². The molecule has 2 aromatic carbocycles. The standard InChI is InChI=1S/C21H25N3O/c1-17-7-9-18(10-8-17)15-22-23-21(25)20-11-13-24(14-12-20)16-19-5-3-2-4-6-19/h2-10,15,20H,11-14,16H2,1H3,(H,23,25)/b22-15+. The number of hydrogen-bond donors (Lipinski definition) is 1. The van der Waals surface area contributed by atoms with Gasteiger partial charge in [-0.25, -0.2) is 5.43 Å². The molecule has 1 aliphatic rings. The molecule has 0 saturated carbocycles. The number of nitrogens with one attached hydrogen (secondary N) is 1. The maximum Gasteiger partial charge on any atom is 0.243 e. The number of amides is 1. The van der Waals surface area contributed by atoms with Crippen molar-refractivity contribution in [3.63, 3.8) is 0 Å². The van der Waals surface area contributed by atoms with Crippen LogP contribution < -0.4 is 5.43 Å². The van der Waals surface area contributed by atoms with Gasteiger partial charge in [0.2, 0.25) is 5.91 Å². The second-order valence-electron chi connectivity index (χ2n) is 6.68. The second kappa shape index (κ2) is 8.58. The Morgan fingerprint density at radius 2 is 1.80 bits per heavy atom. The topological polar surface area (TPSA) is 44.7 Å². The molecular formula is C21H25N3O. The minimum atomic E-state index is 0.0303. The van der Waals surface area contributed by atoms with E-state index in [1.807, 2.05) is 37.3 Å². The maximum atomic E-state index is 12.3. The number of piperidine rings is 1. The number of benzene rings is 2. The summed E-state index contributed by atoms with van der Waals surface area (Å²) in [5, 5.41) is 4.10. The van der Waals surface area contributed by atoms with Crippen molar-refractivity contribution in [3.05, 3.63) is 71.3 Å². The lowest BCUT2D eigenvalue weighted by Crippen LogP contribution is -2.39. The van der Waals surface area contributed by atoms with Gasteiger partial charge < -0.3 is 0 Å². The van der Waals surface area contributed by atoms with Gasteiger partial charge in [0.25, 0.3) is 0 Å². The molecule has 25 heavy (non-hydrogen) atoms. The van der Waals surface area contributed by atoms with Crippen molar-refractivity contribution >= 4 is 12.1 Å². The number of carbonyl (C=O) groups excluding carboxylic acids is 1. The molecule has 0 spiro atoms. The summed E-state index contributed by atoms with van der Waals surface area (Å²) < 4.78 is 0. The Hall–Kier alpha value is -2.46. The molecule has 1 saturated heterocycles. The normalized spacial score (nSPS) is 16.2. The summed E-state index contributed by atoms with van der Waals surface area (Å²) in [6.45, 7) is 4.91. The van der Waals surface area contributed by atoms with E-state index in [1.54, 1.807) is 6.21 Å². The average molecular weight is 335 g/mol. The third kappa shape index (κ3) is 5.26. The summed E-state index contributed by atoms with van der Waals surface area (Å²) in [7, 11) is 0. The molecule has 0 bridgehead atoms. The molecule has 1 N–H and O–H groups in total. The van der Waals surface area contributed by atoms with Crippen LogP contribution in [0.5, 0.6) is 0 Å². The number of carbonyl (C=O) groups is 1. The predicted octanol–water partition coefficient (Wildman–Crippen LogP) is 3.36. The van der Waals surface area contributed by atoms with Gasteiger partial charge in [-0.15, -0.1) is 0 Å². The molecule has 0 unspecified atom stereocenters. The number of nitrogens with zero attached hydrogens (tertiary/aromatic N) is 2. The molecule has 1 aliphatic heterocycles. The fraction of sp³-hybridized carbons (Fsp3) is 0.333. The summed E-state index contributed by atoms with van der Waals surface area (Å²) in [4.78, 5) is 14.7. The van der Waals surface area contributed by atoms with E-state index in [0.29, 0.717) is 0 Å². The summed E-state index contributed by atoms with van der Waals surface area (Å²) in [5.41, 5.74) is 6.22. The molecule has 4 heteroatoms. The lowest BCUT2D eigenvalue weighted by Gasteiger charge is -2.30. The van der Waals surface area contributed by atoms with Gasteiger partial charge in [-0.1, -0.05) is 60.2 Å². The Kier molecular flexibility index (Phi) is 5.96. The lowest BCUT2D eigenvalue weighted by atomic mass is 9.96. The van der Waals surface area contributed by atoms with E-state index in [9.17, 15) is 4.79 Å². The zero-order valence-corrected chi connectivity index (χ0v) is 14.7. The first-order valence-corrected chi connectivity index (χ1v) is 8.86. The van der Waals surface area contributed by atoms with Gasteiger partial charge in [-0.05, 0) is 44.0 Å². The van der Waals surface area contributed by atoms with Crippen LogP contribution in [0.3, 0.4) is 0 Å². The molecule has 1 amide bonds. The van der Waals surface area contributed by atoms with Crippen molar-refractivity contribution < 1.29 is 4.79 Å². The quantitative estimate of drug-likeness (QED) is 0.673. The molecule has 0 aromatic heterocycles. The van der Waals surface area contributed by atoms with Crippen molar-refractivity contribution in [1.82, 2.24) is 10.3 Å². The summed E-state index contributed by atoms with van der Waals surface area (Å²) >= 11 is 0. The Morgan fingerprint density at radius 1 is 1.12 bits per heavy atom. The zero-order valence-electron chi connectivity index (χ0n) is 14.7. The van der Waals surface area contributed by atoms with Crippen molar-refractivity contribution in [2.45, 2.75) is 26.3 Å². The smallest absolute Gasteiger partial charge is 0.243 e. The van der Waals surface area contributed by atoms with Crippen LogP contribution in [0.15, 0.2) is 59.7 Å². The number of aryl methyl sites for hydroxylation is 1. The summed E-state index contributed by atoms with van der Waals surface area (Å²) in [6, 6.07) is 18.5. The molecule has 4 nitrogen and oxygen atoms in total. The second-order valence-corrected chi connectivity index (χ2v) is 6.68. The number of rotatable bonds is 5. The maximum absolute atomic E-state index is 12.3. The summed E-state index contributed by atoms with van der Waals surface area (Å²) in [6.07, 6.45) is 3.47. The van der Waals surface area contributed by atoms with Gasteiger partial charge >= 0.3 is 0 Å². The van der Waals surface area contributed by atoms with Crippen molar-refractivity contribution in [2.24, 2.45) is 11.0 Å². The third-order valence-electron chi connectivity index (χ3n) is 4.67. The van der Waals surface area contributed by atoms with Gasteiger partial charge in [-0.3, -0.25) is 9.69 Å². The Balaban J connectivity index is 1.43. The van der Waals surface area contributed by atoms with Crippen LogP contribution in [0.1, 0.15) is 29.5 Å². The average Bonchev–Trinajstić information content (AvgIpc) is 2.65. The molecule has 3 rings (SSSR count). The highest BCUT2D eigenvalue weighted by atomic mass is 16.2. The van der Waals surface area contributed by atoms with Crippen LogP contribution in [-0.4, -0.2) is 30.1 Å². The Morgan fingerprint density at radius 3 is 2.48 bits per heavy atom. The molecule has 130 valence electrons. The zero-order chi connectivity index (χ0) is 17.5. The van der Waals surface area contributed by atoms with E-state index in [1.165, 1.54) is 11.1 Å². The first kappa shape index (κ1) is 17.4. The fourth-order valence-corrected chi connectivity index (χ4v) is 3.11. The SMILES string of the molecule is Cc1ccc(/C=N/NC(=O)C2CCN(Cc3ccccc3)CC2)cc1. The third-order valence-corrected chi connectivity index (χ3v) is 4.67. The molecule has 1 fully saturated rings. The number of hydrogen-bond acceptors (Lipinski definition) is 3. The monoisotopic (exact) mass is 335 g/mol. The molecular weight excluding hydrogens is 310 g/mol. The highest BCUT2D eigenvalue weighted by Crippen LogP contribution is 2.19. The molecule has 1 heterocycles. The van der Waals surface area contributed by atoms with E-state index in [0.717, 1.165) is 38.0 Å². The molecule has 0 radical (unpaired) electrons. The molecule has 2 aromatic rings. The van der Waals surface area contributed by atoms with Gasteiger partial charge in [0.1, 0.15) is 0 Å². The predicted molar refractivity (Wildman–Crippen MR) is 101 cm³/mol. The first-order valence-electron chi connectivity index (χ1n) is 8.86. The molecule has 0 aliphatic carbocycles. The van der Waals surface area contributed by atoms with Crippen molar-refractivity contribution in [2.75, 3.05) is 13.1 Å². The highest BCUT2D eigenvalue weighted by molar-refractivity contribution is 5.83. The minimum Gasteiger partial charge on any atom is -0.299 e. The Labute approximate surface area is 149 Å². The molecule has 0 atom stereocenters. The van der Waals surface area contributed by atoms with Crippen LogP contribution in [0.2, 0.25) is 0 Å². The summed E-state index contributed by atoms with van der Waals surface area (Å²) in [5.74, 6) is 0.0879. The van der Waals surface area contributed by atoms with Crippen molar-refractivity contribution in [1.29, 1.82) is 0 Å². The van der Waals surface area contributed by atoms with Gasteiger partial charge in [0, 0.05) is 12.5 Å². The van der Waals surface area contributed by atoms with Gasteiger partial charge in [0.05, 0.1) is 6.21 Å². The van der Waals surface area contributed by atoms with E-state index < -0.39 is 0 Å². The fourth-order valence-electron chi connectivity index (χ4n) is 3.11. The first-order chi connectivity index (χ1) is 12.2. The number of hydrazone groups is 1. The van der Waals surface area contributed by atoms with Crippen LogP contribution >= 0.6 is 0 Å². The van der Waals surface area contributed by atoms with Gasteiger partial charge in [-0.2, -0.15) is 5.10 Å². The van der Waals surface area contributed by atoms with E-state index in [2.05, 4.69) is 39.7 Å². The Bertz CT molecular complexity index is 702. The number of likely N-dealkylation sites (tertiary alicyclic amines) is 1. The van der Waals surface area contributed by atoms with Crippen molar-refractivity contribution in [3.8, 4) is 0 Å². The van der Waals surface area contributed by atoms with Gasteiger partial charge in [0.15, 0.2) is 0 Å². The van der Waals surface area contributed by atoms with E-state index >= 15 is 0 Å². The van der Waals surface area contributed by atoms with E-state index in [4.69, 9.17) is 0 Å². The van der Waals surface area contributed by atoms with Crippen LogP contribution in [0, 0.1) is 12.8 Å². The lowest BCUT2D eigenvalue weighted by molar-refractivity contribution is -0.126. The van der Waals surface area contributed by atoms with Crippen LogP contribution in [-0.2, 0) is 11.3 Å². The van der Waals surface area contributed by atoms with E-state index in [-0.39, 0.29) is 11.8 Å².